The van der Waals surface area contributed by atoms with Gasteiger partial charge >= 0.3 is 0 Å². The third kappa shape index (κ3) is 3.47. The third-order valence-corrected chi connectivity index (χ3v) is 6.16. The second-order valence-electron chi connectivity index (χ2n) is 6.46. The molecule has 1 aliphatic heterocycles. The summed E-state index contributed by atoms with van der Waals surface area (Å²) in [5.41, 5.74) is 2.41. The highest BCUT2D eigenvalue weighted by atomic mass is 32.1. The van der Waals surface area contributed by atoms with Crippen molar-refractivity contribution in [1.29, 1.82) is 0 Å². The predicted octanol–water partition coefficient (Wildman–Crippen LogP) is 5.03. The molecule has 0 unspecified atom stereocenters. The van der Waals surface area contributed by atoms with Crippen LogP contribution in [0.2, 0.25) is 0 Å². The van der Waals surface area contributed by atoms with E-state index in [0.717, 1.165) is 31.0 Å². The number of hydrogen-bond donors (Lipinski definition) is 1. The first-order chi connectivity index (χ1) is 12.2. The summed E-state index contributed by atoms with van der Waals surface area (Å²) in [5, 5.41) is 5.55. The largest absolute Gasteiger partial charge is 0.278 e. The summed E-state index contributed by atoms with van der Waals surface area (Å²) < 4.78 is 2.61. The lowest BCUT2D eigenvalue weighted by atomic mass is 10.1. The van der Waals surface area contributed by atoms with Gasteiger partial charge in [0.15, 0.2) is 5.82 Å². The second kappa shape index (κ2) is 7.23. The number of hydrogen-bond acceptors (Lipinski definition) is 4. The summed E-state index contributed by atoms with van der Waals surface area (Å²) >= 11 is 7.33. The van der Waals surface area contributed by atoms with Gasteiger partial charge in [0.2, 0.25) is 4.77 Å². The Kier molecular flexibility index (Phi) is 4.83. The van der Waals surface area contributed by atoms with Crippen molar-refractivity contribution in [2.24, 2.45) is 0 Å². The normalized spacial score (nSPS) is 18.0. The topological polar surface area (TPSA) is 36.9 Å². The van der Waals surface area contributed by atoms with Gasteiger partial charge in [-0.3, -0.25) is 10.00 Å². The molecule has 25 heavy (non-hydrogen) atoms. The van der Waals surface area contributed by atoms with Crippen LogP contribution in [0.15, 0.2) is 41.8 Å². The molecule has 0 bridgehead atoms. The fourth-order valence-electron chi connectivity index (χ4n) is 3.46. The molecule has 4 nitrogen and oxygen atoms in total. The maximum atomic E-state index is 5.49. The van der Waals surface area contributed by atoms with E-state index in [9.17, 15) is 0 Å². The Bertz CT molecular complexity index is 877. The van der Waals surface area contributed by atoms with Crippen LogP contribution in [0.25, 0.3) is 11.4 Å². The van der Waals surface area contributed by atoms with Gasteiger partial charge in [0.05, 0.1) is 6.67 Å². The summed E-state index contributed by atoms with van der Waals surface area (Å²) in [4.78, 5) is 8.50. The molecule has 0 spiro atoms. The number of aromatic amines is 1. The molecule has 0 radical (unpaired) electrons. The number of H-pyrrole nitrogens is 1. The lowest BCUT2D eigenvalue weighted by Gasteiger charge is -2.23. The van der Waals surface area contributed by atoms with Crippen molar-refractivity contribution in [2.75, 3.05) is 6.54 Å². The molecule has 1 fully saturated rings. The van der Waals surface area contributed by atoms with Gasteiger partial charge in [-0.2, -0.15) is 4.98 Å². The molecule has 1 saturated heterocycles. The molecule has 4 rings (SSSR count). The van der Waals surface area contributed by atoms with E-state index >= 15 is 0 Å². The second-order valence-corrected chi connectivity index (χ2v) is 7.80. The highest BCUT2D eigenvalue weighted by molar-refractivity contribution is 7.71. The number of thiophene rings is 1. The number of aryl methyl sites for hydroxylation is 1. The van der Waals surface area contributed by atoms with Crippen molar-refractivity contribution < 1.29 is 0 Å². The Morgan fingerprint density at radius 3 is 2.84 bits per heavy atom. The smallest absolute Gasteiger partial charge is 0.217 e. The van der Waals surface area contributed by atoms with Crippen molar-refractivity contribution in [3.05, 3.63) is 57.0 Å². The average Bonchev–Trinajstić information content (AvgIpc) is 3.37. The van der Waals surface area contributed by atoms with Crippen molar-refractivity contribution in [3.63, 3.8) is 0 Å². The van der Waals surface area contributed by atoms with E-state index in [1.165, 1.54) is 23.3 Å². The summed E-state index contributed by atoms with van der Waals surface area (Å²) in [6.45, 7) is 4.03. The predicted molar refractivity (Wildman–Crippen MR) is 105 cm³/mol. The minimum atomic E-state index is 0.498. The zero-order chi connectivity index (χ0) is 17.2. The molecule has 1 aromatic carbocycles. The van der Waals surface area contributed by atoms with Crippen LogP contribution in [0.5, 0.6) is 0 Å². The van der Waals surface area contributed by atoms with Crippen LogP contribution in [0.4, 0.5) is 0 Å². The van der Waals surface area contributed by atoms with Crippen LogP contribution in [0.1, 0.15) is 36.2 Å². The van der Waals surface area contributed by atoms with Crippen LogP contribution in [0.3, 0.4) is 0 Å². The van der Waals surface area contributed by atoms with Gasteiger partial charge < -0.3 is 0 Å². The molecule has 3 heterocycles. The number of aromatic nitrogens is 3. The Hall–Kier alpha value is -1.76. The first-order valence-electron chi connectivity index (χ1n) is 8.78. The summed E-state index contributed by atoms with van der Waals surface area (Å²) in [6.07, 6.45) is 3.49. The van der Waals surface area contributed by atoms with Crippen LogP contribution in [0, 0.1) is 4.77 Å². The highest BCUT2D eigenvalue weighted by Gasteiger charge is 2.27. The van der Waals surface area contributed by atoms with Crippen molar-refractivity contribution in [3.8, 4) is 11.4 Å². The molecule has 0 saturated carbocycles. The maximum Gasteiger partial charge on any atom is 0.217 e. The van der Waals surface area contributed by atoms with Crippen LogP contribution in [-0.2, 0) is 13.1 Å². The Morgan fingerprint density at radius 2 is 2.12 bits per heavy atom. The quantitative estimate of drug-likeness (QED) is 0.640. The van der Waals surface area contributed by atoms with Crippen LogP contribution < -0.4 is 0 Å². The molecule has 1 N–H and O–H groups in total. The fourth-order valence-corrected chi connectivity index (χ4v) is 4.55. The monoisotopic (exact) mass is 370 g/mol. The van der Waals surface area contributed by atoms with Gasteiger partial charge in [-0.25, -0.2) is 4.68 Å². The fraction of sp³-hybridized carbons (Fsp3) is 0.368. The lowest BCUT2D eigenvalue weighted by Crippen LogP contribution is -2.26. The van der Waals surface area contributed by atoms with E-state index in [0.29, 0.717) is 10.8 Å². The van der Waals surface area contributed by atoms with Crippen LogP contribution >= 0.6 is 23.6 Å². The van der Waals surface area contributed by atoms with Crippen molar-refractivity contribution in [1.82, 2.24) is 19.7 Å². The van der Waals surface area contributed by atoms with Crippen LogP contribution in [-0.4, -0.2) is 26.2 Å². The molecular formula is C19H22N4S2. The Morgan fingerprint density at radius 1 is 1.28 bits per heavy atom. The van der Waals surface area contributed by atoms with E-state index in [4.69, 9.17) is 12.2 Å². The molecule has 0 aliphatic carbocycles. The number of benzene rings is 1. The minimum absolute atomic E-state index is 0.498. The molecule has 3 aromatic rings. The van der Waals surface area contributed by atoms with Gasteiger partial charge in [-0.1, -0.05) is 37.3 Å². The van der Waals surface area contributed by atoms with E-state index in [2.05, 4.69) is 63.7 Å². The summed E-state index contributed by atoms with van der Waals surface area (Å²) in [7, 11) is 0. The highest BCUT2D eigenvalue weighted by Crippen LogP contribution is 2.34. The molecule has 6 heteroatoms. The zero-order valence-electron chi connectivity index (χ0n) is 14.3. The minimum Gasteiger partial charge on any atom is -0.278 e. The van der Waals surface area contributed by atoms with E-state index in [1.807, 2.05) is 16.0 Å². The molecule has 1 atom stereocenters. The average molecular weight is 371 g/mol. The Labute approximate surface area is 157 Å². The number of likely N-dealkylation sites (tertiary alicyclic amines) is 1. The number of nitrogens with one attached hydrogen (secondary N) is 1. The Balaban J connectivity index is 1.55. The lowest BCUT2D eigenvalue weighted by molar-refractivity contribution is 0.192. The summed E-state index contributed by atoms with van der Waals surface area (Å²) in [5.74, 6) is 0.847. The van der Waals surface area contributed by atoms with E-state index < -0.39 is 0 Å². The van der Waals surface area contributed by atoms with E-state index in [1.54, 1.807) is 0 Å². The molecule has 130 valence electrons. The van der Waals surface area contributed by atoms with E-state index in [-0.39, 0.29) is 0 Å². The van der Waals surface area contributed by atoms with Gasteiger partial charge in [0.25, 0.3) is 0 Å². The van der Waals surface area contributed by atoms with Gasteiger partial charge in [-0.15, -0.1) is 11.3 Å². The standard InChI is InChI=1S/C19H22N4S2/c1-2-14-7-9-15(10-8-14)18-20-19(24)23(21-18)13-22-11-3-5-16(22)17-6-4-12-25-17/h4,6-10,12,16H,2-3,5,11,13H2,1H3,(H,20,21,24)/t16-/m0/s1. The first kappa shape index (κ1) is 16.7. The van der Waals surface area contributed by atoms with Gasteiger partial charge in [-0.05, 0) is 48.5 Å². The van der Waals surface area contributed by atoms with Gasteiger partial charge in [0, 0.05) is 23.0 Å². The van der Waals surface area contributed by atoms with Crippen molar-refractivity contribution in [2.45, 2.75) is 38.9 Å². The molecule has 2 aromatic heterocycles. The number of nitrogens with zero attached hydrogens (tertiary/aromatic N) is 3. The van der Waals surface area contributed by atoms with Gasteiger partial charge in [0.1, 0.15) is 0 Å². The molecular weight excluding hydrogens is 348 g/mol. The molecule has 1 aliphatic rings. The number of rotatable bonds is 5. The first-order valence-corrected chi connectivity index (χ1v) is 10.1. The SMILES string of the molecule is CCc1ccc(-c2nc(=S)n(CN3CCC[C@H]3c3cccs3)[nH]2)cc1. The molecule has 0 amide bonds. The summed E-state index contributed by atoms with van der Waals surface area (Å²) in [6, 6.07) is 13.4. The maximum absolute atomic E-state index is 5.49. The third-order valence-electron chi connectivity index (χ3n) is 4.87. The van der Waals surface area contributed by atoms with Crippen molar-refractivity contribution >= 4 is 23.6 Å². The zero-order valence-corrected chi connectivity index (χ0v) is 15.9.